The van der Waals surface area contributed by atoms with E-state index in [1.807, 2.05) is 18.2 Å². The number of morpholine rings is 1. The first kappa shape index (κ1) is 19.8. The Balaban J connectivity index is 1.45. The number of piperidine rings is 1. The van der Waals surface area contributed by atoms with E-state index in [9.17, 15) is 0 Å². The first-order chi connectivity index (χ1) is 14.7. The van der Waals surface area contributed by atoms with Gasteiger partial charge in [-0.25, -0.2) is 4.98 Å². The number of hydrogen-bond donors (Lipinski definition) is 2. The monoisotopic (exact) mass is 425 g/mol. The molecule has 3 aliphatic heterocycles. The number of nitrogens with one attached hydrogen (secondary N) is 2. The zero-order chi connectivity index (χ0) is 20.4. The van der Waals surface area contributed by atoms with Gasteiger partial charge in [0, 0.05) is 41.5 Å². The minimum absolute atomic E-state index is 0.0545. The van der Waals surface area contributed by atoms with Gasteiger partial charge in [0.25, 0.3) is 0 Å². The van der Waals surface area contributed by atoms with Gasteiger partial charge in [-0.1, -0.05) is 23.7 Å². The molecule has 158 valence electrons. The van der Waals surface area contributed by atoms with Gasteiger partial charge in [0.15, 0.2) is 0 Å². The lowest BCUT2D eigenvalue weighted by Crippen LogP contribution is -2.49. The third-order valence-electron chi connectivity index (χ3n) is 6.46. The highest BCUT2D eigenvalue weighted by atomic mass is 35.5. The van der Waals surface area contributed by atoms with Gasteiger partial charge >= 0.3 is 0 Å². The van der Waals surface area contributed by atoms with E-state index in [2.05, 4.69) is 33.9 Å². The summed E-state index contributed by atoms with van der Waals surface area (Å²) in [6.45, 7) is 5.96. The lowest BCUT2D eigenvalue weighted by molar-refractivity contribution is 0.122. The Morgan fingerprint density at radius 1 is 1.17 bits per heavy atom. The summed E-state index contributed by atoms with van der Waals surface area (Å²) in [5, 5.41) is 7.97. The molecule has 30 heavy (non-hydrogen) atoms. The molecule has 2 N–H and O–H groups in total. The van der Waals surface area contributed by atoms with Crippen molar-refractivity contribution < 1.29 is 4.74 Å². The van der Waals surface area contributed by atoms with Gasteiger partial charge in [-0.3, -0.25) is 4.99 Å². The van der Waals surface area contributed by atoms with Crippen LogP contribution in [0.4, 0.5) is 11.5 Å². The maximum Gasteiger partial charge on any atom is 0.130 e. The van der Waals surface area contributed by atoms with Crippen molar-refractivity contribution in [3.63, 3.8) is 0 Å². The summed E-state index contributed by atoms with van der Waals surface area (Å²) in [4.78, 5) is 12.2. The molecule has 3 aliphatic rings. The highest BCUT2D eigenvalue weighted by molar-refractivity contribution is 6.30. The van der Waals surface area contributed by atoms with Crippen molar-refractivity contribution in [2.24, 2.45) is 10.4 Å². The number of anilines is 2. The molecule has 5 rings (SSSR count). The zero-order valence-corrected chi connectivity index (χ0v) is 17.9. The topological polar surface area (TPSA) is 61.8 Å². The summed E-state index contributed by atoms with van der Waals surface area (Å²) < 4.78 is 5.49. The molecular weight excluding hydrogens is 398 g/mol. The molecule has 0 radical (unpaired) electrons. The molecule has 1 aromatic carbocycles. The fourth-order valence-electron chi connectivity index (χ4n) is 4.74. The molecule has 2 fully saturated rings. The van der Waals surface area contributed by atoms with Crippen molar-refractivity contribution in [2.45, 2.75) is 25.8 Å². The van der Waals surface area contributed by atoms with Crippen LogP contribution in [0.1, 0.15) is 24.0 Å². The van der Waals surface area contributed by atoms with E-state index >= 15 is 0 Å². The van der Waals surface area contributed by atoms with Gasteiger partial charge < -0.3 is 20.3 Å². The lowest BCUT2D eigenvalue weighted by atomic mass is 9.71. The molecule has 0 unspecified atom stereocenters. The van der Waals surface area contributed by atoms with Crippen LogP contribution in [0.25, 0.3) is 0 Å². The average molecular weight is 426 g/mol. The van der Waals surface area contributed by atoms with E-state index in [-0.39, 0.29) is 5.41 Å². The molecule has 2 aromatic rings. The van der Waals surface area contributed by atoms with Gasteiger partial charge in [0.05, 0.1) is 19.8 Å². The number of amidine groups is 1. The molecule has 0 bridgehead atoms. The lowest BCUT2D eigenvalue weighted by Gasteiger charge is -2.43. The van der Waals surface area contributed by atoms with Crippen LogP contribution in [0, 0.1) is 5.41 Å². The number of fused-ring (bicyclic) bond motifs is 1. The largest absolute Gasteiger partial charge is 0.378 e. The first-order valence-electron chi connectivity index (χ1n) is 10.8. The van der Waals surface area contributed by atoms with E-state index in [4.69, 9.17) is 26.3 Å². The Morgan fingerprint density at radius 3 is 2.80 bits per heavy atom. The van der Waals surface area contributed by atoms with Gasteiger partial charge in [-0.2, -0.15) is 0 Å². The fourth-order valence-corrected chi connectivity index (χ4v) is 4.95. The van der Waals surface area contributed by atoms with Crippen molar-refractivity contribution in [3.05, 3.63) is 52.7 Å². The third-order valence-corrected chi connectivity index (χ3v) is 6.70. The molecule has 0 atom stereocenters. The number of ether oxygens (including phenoxy) is 1. The van der Waals surface area contributed by atoms with Gasteiger partial charge in [-0.05, 0) is 55.6 Å². The van der Waals surface area contributed by atoms with Crippen LogP contribution in [0.15, 0.2) is 41.5 Å². The van der Waals surface area contributed by atoms with E-state index < -0.39 is 0 Å². The number of benzene rings is 1. The van der Waals surface area contributed by atoms with Crippen molar-refractivity contribution in [1.29, 1.82) is 0 Å². The maximum atomic E-state index is 6.17. The molecule has 1 aromatic heterocycles. The second-order valence-electron chi connectivity index (χ2n) is 8.43. The maximum absolute atomic E-state index is 6.17. The predicted molar refractivity (Wildman–Crippen MR) is 122 cm³/mol. The van der Waals surface area contributed by atoms with E-state index in [1.165, 1.54) is 5.56 Å². The van der Waals surface area contributed by atoms with Crippen LogP contribution in [-0.4, -0.2) is 50.2 Å². The van der Waals surface area contributed by atoms with Crippen molar-refractivity contribution >= 4 is 28.9 Å². The van der Waals surface area contributed by atoms with Gasteiger partial charge in [0.1, 0.15) is 11.7 Å². The minimum atomic E-state index is 0.0545. The molecular formula is C23H28ClN5O. The van der Waals surface area contributed by atoms with Crippen LogP contribution in [-0.2, 0) is 17.7 Å². The highest BCUT2D eigenvalue weighted by Crippen LogP contribution is 2.41. The van der Waals surface area contributed by atoms with Crippen LogP contribution in [0.5, 0.6) is 0 Å². The molecule has 0 amide bonds. The number of rotatable bonds is 3. The zero-order valence-electron chi connectivity index (χ0n) is 17.2. The second kappa shape index (κ2) is 8.53. The molecule has 0 aliphatic carbocycles. The molecule has 4 heterocycles. The first-order valence-corrected chi connectivity index (χ1v) is 11.2. The van der Waals surface area contributed by atoms with Crippen LogP contribution in [0.2, 0.25) is 5.02 Å². The molecule has 2 saturated heterocycles. The van der Waals surface area contributed by atoms with Gasteiger partial charge in [0.2, 0.25) is 0 Å². The summed E-state index contributed by atoms with van der Waals surface area (Å²) in [7, 11) is 0. The predicted octanol–water partition coefficient (Wildman–Crippen LogP) is 3.51. The third kappa shape index (κ3) is 4.04. The number of halogens is 1. The Morgan fingerprint density at radius 2 is 2.00 bits per heavy atom. The molecule has 6 nitrogen and oxygen atoms in total. The Labute approximate surface area is 182 Å². The molecule has 7 heteroatoms. The standard InChI is InChI=1S/C23H28ClN5O/c24-19-3-1-2-17(12-19)15-27-22-23(4-6-25-7-5-23)14-18-16-26-21(13-20(18)28-22)29-8-10-30-11-9-29/h1-3,12-13,16,25H,4-11,14-15H2,(H,27,28). The highest BCUT2D eigenvalue weighted by Gasteiger charge is 2.41. The normalized spacial score (nSPS) is 22.0. The Kier molecular flexibility index (Phi) is 5.63. The van der Waals surface area contributed by atoms with Crippen molar-refractivity contribution in [3.8, 4) is 0 Å². The van der Waals surface area contributed by atoms with Gasteiger partial charge in [-0.15, -0.1) is 0 Å². The van der Waals surface area contributed by atoms with Crippen LogP contribution < -0.4 is 15.5 Å². The minimum Gasteiger partial charge on any atom is -0.378 e. The number of hydrogen-bond acceptors (Lipinski definition) is 5. The summed E-state index contributed by atoms with van der Waals surface area (Å²) in [6.07, 6.45) is 5.21. The van der Waals surface area contributed by atoms with Crippen LogP contribution in [0.3, 0.4) is 0 Å². The molecule has 0 saturated carbocycles. The molecule has 1 spiro atoms. The Bertz CT molecular complexity index is 935. The number of aliphatic imine (C=N–C) groups is 1. The van der Waals surface area contributed by atoms with E-state index in [0.717, 1.165) is 86.6 Å². The van der Waals surface area contributed by atoms with Crippen molar-refractivity contribution in [1.82, 2.24) is 10.3 Å². The fraction of sp³-hybridized carbons (Fsp3) is 0.478. The number of aromatic nitrogens is 1. The summed E-state index contributed by atoms with van der Waals surface area (Å²) in [5.74, 6) is 2.12. The number of nitrogens with zero attached hydrogens (tertiary/aromatic N) is 3. The SMILES string of the molecule is Clc1cccc(CN=C2Nc3cc(N4CCOCC4)ncc3CC23CCNCC3)c1. The average Bonchev–Trinajstić information content (AvgIpc) is 2.79. The number of pyridine rings is 1. The quantitative estimate of drug-likeness (QED) is 0.788. The summed E-state index contributed by atoms with van der Waals surface area (Å²) >= 11 is 6.17. The van der Waals surface area contributed by atoms with E-state index in [1.54, 1.807) is 0 Å². The van der Waals surface area contributed by atoms with E-state index in [0.29, 0.717) is 6.54 Å². The second-order valence-corrected chi connectivity index (χ2v) is 8.86. The summed E-state index contributed by atoms with van der Waals surface area (Å²) in [5.41, 5.74) is 3.62. The summed E-state index contributed by atoms with van der Waals surface area (Å²) in [6, 6.07) is 10.2. The Hall–Kier alpha value is -2.15. The van der Waals surface area contributed by atoms with Crippen LogP contribution >= 0.6 is 11.6 Å². The smallest absolute Gasteiger partial charge is 0.130 e. The van der Waals surface area contributed by atoms with Crippen molar-refractivity contribution in [2.75, 3.05) is 49.6 Å².